The van der Waals surface area contributed by atoms with E-state index in [4.69, 9.17) is 4.74 Å². The maximum absolute atomic E-state index is 10.7. The number of aryl methyl sites for hydroxylation is 1. The Labute approximate surface area is 146 Å². The molecule has 0 bridgehead atoms. The van der Waals surface area contributed by atoms with Gasteiger partial charge in [-0.15, -0.1) is 0 Å². The maximum atomic E-state index is 10.7. The number of ether oxygens (including phenoxy) is 1. The zero-order chi connectivity index (χ0) is 17.3. The lowest BCUT2D eigenvalue weighted by Gasteiger charge is -2.39. The lowest BCUT2D eigenvalue weighted by molar-refractivity contribution is -0.150. The lowest BCUT2D eigenvalue weighted by Crippen LogP contribution is -2.46. The number of carbonyl (C=O) groups excluding carboxylic acids is 1. The number of pyridine rings is 1. The quantitative estimate of drug-likeness (QED) is 0.697. The Morgan fingerprint density at radius 3 is 2.84 bits per heavy atom. The van der Waals surface area contributed by atoms with E-state index < -0.39 is 0 Å². The SMILES string of the molecule is Cn1c(-c2cncc(NCC3(OC=O)CCC3)c2)cc2ccccc21. The first-order valence-electron chi connectivity index (χ1n) is 8.56. The van der Waals surface area contributed by atoms with Gasteiger partial charge in [0.25, 0.3) is 6.47 Å². The summed E-state index contributed by atoms with van der Waals surface area (Å²) in [6, 6.07) is 12.6. The van der Waals surface area contributed by atoms with E-state index in [2.05, 4.69) is 46.2 Å². The Kier molecular flexibility index (Phi) is 3.92. The Hall–Kier alpha value is -2.82. The zero-order valence-electron chi connectivity index (χ0n) is 14.2. The molecule has 1 fully saturated rings. The number of hydrogen-bond donors (Lipinski definition) is 1. The smallest absolute Gasteiger partial charge is 0.293 e. The second-order valence-electron chi connectivity index (χ2n) is 6.71. The van der Waals surface area contributed by atoms with Gasteiger partial charge in [-0.1, -0.05) is 18.2 Å². The van der Waals surface area contributed by atoms with Crippen LogP contribution in [0.5, 0.6) is 0 Å². The lowest BCUT2D eigenvalue weighted by atomic mass is 9.80. The fourth-order valence-corrected chi connectivity index (χ4v) is 3.52. The van der Waals surface area contributed by atoms with Crippen molar-refractivity contribution in [3.05, 3.63) is 48.8 Å². The number of fused-ring (bicyclic) bond motifs is 1. The molecule has 0 amide bonds. The molecule has 0 atom stereocenters. The van der Waals surface area contributed by atoms with Crippen LogP contribution in [0.2, 0.25) is 0 Å². The third kappa shape index (κ3) is 2.86. The number of nitrogens with one attached hydrogen (secondary N) is 1. The summed E-state index contributed by atoms with van der Waals surface area (Å²) in [5, 5.41) is 4.59. The number of rotatable bonds is 6. The van der Waals surface area contributed by atoms with Crippen LogP contribution in [-0.2, 0) is 16.6 Å². The summed E-state index contributed by atoms with van der Waals surface area (Å²) in [7, 11) is 2.07. The minimum Gasteiger partial charge on any atom is -0.459 e. The maximum Gasteiger partial charge on any atom is 0.293 e. The molecule has 0 aliphatic heterocycles. The van der Waals surface area contributed by atoms with Crippen LogP contribution < -0.4 is 5.32 Å². The molecule has 1 aliphatic rings. The van der Waals surface area contributed by atoms with Gasteiger partial charge in [-0.05, 0) is 37.5 Å². The molecule has 5 heteroatoms. The van der Waals surface area contributed by atoms with Crippen LogP contribution >= 0.6 is 0 Å². The Morgan fingerprint density at radius 2 is 2.12 bits per heavy atom. The summed E-state index contributed by atoms with van der Waals surface area (Å²) in [4.78, 5) is 15.1. The van der Waals surface area contributed by atoms with Gasteiger partial charge in [0, 0.05) is 35.9 Å². The highest BCUT2D eigenvalue weighted by atomic mass is 16.5. The number of hydrogen-bond acceptors (Lipinski definition) is 4. The van der Waals surface area contributed by atoms with Gasteiger partial charge in [-0.2, -0.15) is 0 Å². The van der Waals surface area contributed by atoms with Crippen LogP contribution in [-0.4, -0.2) is 28.2 Å². The number of para-hydroxylation sites is 1. The molecule has 0 unspecified atom stereocenters. The summed E-state index contributed by atoms with van der Waals surface area (Å²) < 4.78 is 7.47. The van der Waals surface area contributed by atoms with Crippen LogP contribution in [0.3, 0.4) is 0 Å². The van der Waals surface area contributed by atoms with E-state index in [-0.39, 0.29) is 5.60 Å². The summed E-state index contributed by atoms with van der Waals surface area (Å²) in [5.74, 6) is 0. The van der Waals surface area contributed by atoms with Crippen molar-refractivity contribution in [1.82, 2.24) is 9.55 Å². The molecule has 2 aromatic heterocycles. The van der Waals surface area contributed by atoms with Crippen LogP contribution in [0.15, 0.2) is 48.8 Å². The highest BCUT2D eigenvalue weighted by Crippen LogP contribution is 2.35. The van der Waals surface area contributed by atoms with Crippen molar-refractivity contribution in [2.75, 3.05) is 11.9 Å². The normalized spacial score (nSPS) is 15.6. The minimum absolute atomic E-state index is 0.350. The topological polar surface area (TPSA) is 56.1 Å². The van der Waals surface area contributed by atoms with Gasteiger partial charge in [0.1, 0.15) is 5.60 Å². The summed E-state index contributed by atoms with van der Waals surface area (Å²) >= 11 is 0. The molecule has 0 saturated heterocycles. The first kappa shape index (κ1) is 15.7. The Bertz CT molecular complexity index is 912. The van der Waals surface area contributed by atoms with Crippen molar-refractivity contribution in [3.63, 3.8) is 0 Å². The standard InChI is InChI=1S/C20H21N3O2/c1-23-18-6-3-2-5-15(18)10-19(23)16-9-17(12-21-11-16)22-13-20(25-14-24)7-4-8-20/h2-3,5-6,9-12,14,22H,4,7-8,13H2,1H3. The predicted molar refractivity (Wildman–Crippen MR) is 98.4 cm³/mol. The van der Waals surface area contributed by atoms with Crippen LogP contribution in [0.4, 0.5) is 5.69 Å². The molecule has 25 heavy (non-hydrogen) atoms. The van der Waals surface area contributed by atoms with Gasteiger partial charge in [0.2, 0.25) is 0 Å². The molecule has 1 N–H and O–H groups in total. The van der Waals surface area contributed by atoms with E-state index in [1.165, 1.54) is 10.9 Å². The Morgan fingerprint density at radius 1 is 1.28 bits per heavy atom. The number of nitrogens with zero attached hydrogens (tertiary/aromatic N) is 2. The fourth-order valence-electron chi connectivity index (χ4n) is 3.52. The zero-order valence-corrected chi connectivity index (χ0v) is 14.2. The van der Waals surface area contributed by atoms with E-state index in [0.717, 1.165) is 36.2 Å². The fraction of sp³-hybridized carbons (Fsp3) is 0.300. The van der Waals surface area contributed by atoms with Gasteiger partial charge in [-0.3, -0.25) is 9.78 Å². The molecule has 1 aliphatic carbocycles. The third-order valence-corrected chi connectivity index (χ3v) is 5.16. The molecule has 1 aromatic carbocycles. The van der Waals surface area contributed by atoms with Crippen molar-refractivity contribution >= 4 is 23.1 Å². The second kappa shape index (κ2) is 6.24. The van der Waals surface area contributed by atoms with Crippen molar-refractivity contribution in [1.29, 1.82) is 0 Å². The highest BCUT2D eigenvalue weighted by molar-refractivity contribution is 5.87. The highest BCUT2D eigenvalue weighted by Gasteiger charge is 2.38. The van der Waals surface area contributed by atoms with Crippen LogP contribution in [0, 0.1) is 0 Å². The predicted octanol–water partition coefficient (Wildman–Crippen LogP) is 3.75. The monoisotopic (exact) mass is 335 g/mol. The van der Waals surface area contributed by atoms with Gasteiger partial charge >= 0.3 is 0 Å². The number of benzene rings is 1. The average molecular weight is 335 g/mol. The van der Waals surface area contributed by atoms with Crippen LogP contribution in [0.1, 0.15) is 19.3 Å². The Balaban J connectivity index is 1.58. The van der Waals surface area contributed by atoms with Crippen molar-refractivity contribution in [2.45, 2.75) is 24.9 Å². The number of anilines is 1. The second-order valence-corrected chi connectivity index (χ2v) is 6.71. The van der Waals surface area contributed by atoms with Gasteiger partial charge < -0.3 is 14.6 Å². The first-order valence-corrected chi connectivity index (χ1v) is 8.56. The molecule has 0 spiro atoms. The number of carbonyl (C=O) groups is 1. The van der Waals surface area contributed by atoms with E-state index in [1.54, 1.807) is 6.20 Å². The van der Waals surface area contributed by atoms with E-state index in [1.807, 2.05) is 18.3 Å². The van der Waals surface area contributed by atoms with Crippen molar-refractivity contribution in [3.8, 4) is 11.3 Å². The molecule has 2 heterocycles. The summed E-state index contributed by atoms with van der Waals surface area (Å²) in [6.45, 7) is 1.18. The van der Waals surface area contributed by atoms with Gasteiger partial charge in [0.15, 0.2) is 0 Å². The van der Waals surface area contributed by atoms with E-state index in [9.17, 15) is 4.79 Å². The third-order valence-electron chi connectivity index (χ3n) is 5.16. The molecule has 1 saturated carbocycles. The molecule has 3 aromatic rings. The molecule has 4 rings (SSSR count). The molecular weight excluding hydrogens is 314 g/mol. The molecule has 5 nitrogen and oxygen atoms in total. The number of aromatic nitrogens is 2. The average Bonchev–Trinajstić information content (AvgIpc) is 2.95. The van der Waals surface area contributed by atoms with E-state index in [0.29, 0.717) is 13.0 Å². The van der Waals surface area contributed by atoms with Gasteiger partial charge in [-0.25, -0.2) is 0 Å². The van der Waals surface area contributed by atoms with Crippen molar-refractivity contribution < 1.29 is 9.53 Å². The largest absolute Gasteiger partial charge is 0.459 e. The van der Waals surface area contributed by atoms with Gasteiger partial charge in [0.05, 0.1) is 17.9 Å². The van der Waals surface area contributed by atoms with Crippen LogP contribution in [0.25, 0.3) is 22.2 Å². The summed E-state index contributed by atoms with van der Waals surface area (Å²) in [5.41, 5.74) is 3.96. The first-order chi connectivity index (χ1) is 12.2. The van der Waals surface area contributed by atoms with E-state index >= 15 is 0 Å². The molecule has 0 radical (unpaired) electrons. The molecular formula is C20H21N3O2. The molecule has 128 valence electrons. The minimum atomic E-state index is -0.350. The van der Waals surface area contributed by atoms with Crippen molar-refractivity contribution in [2.24, 2.45) is 7.05 Å². The summed E-state index contributed by atoms with van der Waals surface area (Å²) in [6.07, 6.45) is 6.60.